The highest BCUT2D eigenvalue weighted by molar-refractivity contribution is 6.30. The van der Waals surface area contributed by atoms with Gasteiger partial charge in [0.2, 0.25) is 5.69 Å². The van der Waals surface area contributed by atoms with Crippen molar-refractivity contribution in [2.45, 2.75) is 45.7 Å². The minimum atomic E-state index is -0.123. The summed E-state index contributed by atoms with van der Waals surface area (Å²) in [5, 5.41) is 0.805. The third-order valence-electron chi connectivity index (χ3n) is 7.29. The van der Waals surface area contributed by atoms with E-state index in [1.54, 1.807) is 0 Å². The van der Waals surface area contributed by atoms with Crippen molar-refractivity contribution >= 4 is 23.0 Å². The SMILES string of the molecule is CCC[N+]1=C(C=C2N(Cc3ccccc3)CCN2Cc2ccccc2)C(C)(C)c2cc(Cl)ccc21. The lowest BCUT2D eigenvalue weighted by molar-refractivity contribution is -0.437. The molecule has 3 aromatic carbocycles. The van der Waals surface area contributed by atoms with Gasteiger partial charge in [0.05, 0.1) is 5.41 Å². The van der Waals surface area contributed by atoms with E-state index in [9.17, 15) is 0 Å². The standard InChI is InChI=1S/C31H35ClN3/c1-4-17-35-28-16-15-26(32)20-27(28)31(2,3)29(35)21-30-33(22-24-11-7-5-8-12-24)18-19-34(30)23-25-13-9-6-10-14-25/h5-16,20-21H,4,17-19,22-23H2,1-3H3/q+1. The summed E-state index contributed by atoms with van der Waals surface area (Å²) in [5.74, 6) is 1.31. The van der Waals surface area contributed by atoms with Crippen LogP contribution in [0.25, 0.3) is 0 Å². The molecule has 0 N–H and O–H groups in total. The summed E-state index contributed by atoms with van der Waals surface area (Å²) in [6, 6.07) is 28.0. The smallest absolute Gasteiger partial charge is 0.209 e. The van der Waals surface area contributed by atoms with E-state index in [0.29, 0.717) is 0 Å². The van der Waals surface area contributed by atoms with Crippen LogP contribution < -0.4 is 0 Å². The van der Waals surface area contributed by atoms with Crippen molar-refractivity contribution in [1.29, 1.82) is 0 Å². The van der Waals surface area contributed by atoms with Gasteiger partial charge in [-0.2, -0.15) is 4.58 Å². The minimum absolute atomic E-state index is 0.123. The number of hydrogen-bond donors (Lipinski definition) is 0. The highest BCUT2D eigenvalue weighted by Crippen LogP contribution is 2.42. The number of fused-ring (bicyclic) bond motifs is 1. The van der Waals surface area contributed by atoms with E-state index in [2.05, 4.69) is 114 Å². The quantitative estimate of drug-likeness (QED) is 0.334. The van der Waals surface area contributed by atoms with Crippen LogP contribution in [0.15, 0.2) is 90.8 Å². The molecular formula is C31H35ClN3+. The number of rotatable bonds is 7. The van der Waals surface area contributed by atoms with Crippen molar-refractivity contribution < 1.29 is 4.58 Å². The average molecular weight is 485 g/mol. The van der Waals surface area contributed by atoms with Crippen molar-refractivity contribution in [3.63, 3.8) is 0 Å². The van der Waals surface area contributed by atoms with Crippen LogP contribution in [0.5, 0.6) is 0 Å². The molecule has 2 aliphatic rings. The first-order chi connectivity index (χ1) is 17.0. The fourth-order valence-electron chi connectivity index (χ4n) is 5.48. The van der Waals surface area contributed by atoms with Gasteiger partial charge in [-0.25, -0.2) is 0 Å². The fourth-order valence-corrected chi connectivity index (χ4v) is 5.65. The van der Waals surface area contributed by atoms with Crippen molar-refractivity contribution in [2.24, 2.45) is 0 Å². The van der Waals surface area contributed by atoms with Gasteiger partial charge in [0, 0.05) is 55.3 Å². The minimum Gasteiger partial charge on any atom is -0.352 e. The molecule has 0 aromatic heterocycles. The number of hydrogen-bond acceptors (Lipinski definition) is 2. The monoisotopic (exact) mass is 484 g/mol. The van der Waals surface area contributed by atoms with Crippen LogP contribution >= 0.6 is 11.6 Å². The molecule has 35 heavy (non-hydrogen) atoms. The summed E-state index contributed by atoms with van der Waals surface area (Å²) >= 11 is 6.46. The second-order valence-electron chi connectivity index (χ2n) is 10.1. The Balaban J connectivity index is 1.58. The molecule has 1 saturated heterocycles. The summed E-state index contributed by atoms with van der Waals surface area (Å²) in [5.41, 5.74) is 6.52. The normalized spacial score (nSPS) is 16.7. The highest BCUT2D eigenvalue weighted by atomic mass is 35.5. The lowest BCUT2D eigenvalue weighted by atomic mass is 9.81. The van der Waals surface area contributed by atoms with Gasteiger partial charge in [0.25, 0.3) is 0 Å². The van der Waals surface area contributed by atoms with Crippen LogP contribution in [-0.2, 0) is 18.5 Å². The van der Waals surface area contributed by atoms with E-state index in [0.717, 1.165) is 44.2 Å². The maximum atomic E-state index is 6.46. The first-order valence-electron chi connectivity index (χ1n) is 12.7. The molecule has 2 aliphatic heterocycles. The molecule has 0 unspecified atom stereocenters. The van der Waals surface area contributed by atoms with Crippen LogP contribution in [-0.4, -0.2) is 39.7 Å². The molecule has 3 nitrogen and oxygen atoms in total. The topological polar surface area (TPSA) is 9.49 Å². The second kappa shape index (κ2) is 9.91. The molecule has 1 fully saturated rings. The molecule has 3 aromatic rings. The van der Waals surface area contributed by atoms with Crippen LogP contribution in [0.1, 0.15) is 43.9 Å². The molecule has 0 bridgehead atoms. The van der Waals surface area contributed by atoms with E-state index in [1.807, 2.05) is 6.07 Å². The largest absolute Gasteiger partial charge is 0.352 e. The predicted octanol–water partition coefficient (Wildman–Crippen LogP) is 6.99. The van der Waals surface area contributed by atoms with Gasteiger partial charge in [0.1, 0.15) is 12.4 Å². The summed E-state index contributed by atoms with van der Waals surface area (Å²) in [7, 11) is 0. The van der Waals surface area contributed by atoms with Crippen molar-refractivity contribution in [3.8, 4) is 0 Å². The third kappa shape index (κ3) is 4.75. The lowest BCUT2D eigenvalue weighted by Crippen LogP contribution is -2.31. The Bertz CT molecular complexity index is 1190. The Morgan fingerprint density at radius 3 is 1.97 bits per heavy atom. The van der Waals surface area contributed by atoms with Gasteiger partial charge >= 0.3 is 0 Å². The molecule has 0 amide bonds. The van der Waals surface area contributed by atoms with Crippen LogP contribution in [0.4, 0.5) is 5.69 Å². The zero-order valence-corrected chi connectivity index (χ0v) is 21.8. The zero-order chi connectivity index (χ0) is 24.4. The molecule has 5 rings (SSSR count). The number of nitrogens with zero attached hydrogens (tertiary/aromatic N) is 3. The summed E-state index contributed by atoms with van der Waals surface area (Å²) in [6.07, 6.45) is 3.55. The molecule has 0 saturated carbocycles. The predicted molar refractivity (Wildman–Crippen MR) is 146 cm³/mol. The van der Waals surface area contributed by atoms with Crippen LogP contribution in [0, 0.1) is 0 Å². The van der Waals surface area contributed by atoms with Gasteiger partial charge in [-0.15, -0.1) is 0 Å². The lowest BCUT2D eigenvalue weighted by Gasteiger charge is -2.26. The molecule has 4 heteroatoms. The summed E-state index contributed by atoms with van der Waals surface area (Å²) in [6.45, 7) is 11.8. The Morgan fingerprint density at radius 1 is 0.857 bits per heavy atom. The molecule has 0 atom stereocenters. The Kier molecular flexibility index (Phi) is 6.71. The Hall–Kier alpha value is -3.04. The fraction of sp³-hybridized carbons (Fsp3) is 0.323. The van der Waals surface area contributed by atoms with Gasteiger partial charge in [-0.3, -0.25) is 0 Å². The Labute approximate surface area is 215 Å². The second-order valence-corrected chi connectivity index (χ2v) is 10.6. The first kappa shape index (κ1) is 23.7. The van der Waals surface area contributed by atoms with E-state index in [1.165, 1.54) is 33.9 Å². The zero-order valence-electron chi connectivity index (χ0n) is 21.0. The van der Waals surface area contributed by atoms with Crippen molar-refractivity contribution in [2.75, 3.05) is 19.6 Å². The molecule has 0 spiro atoms. The number of allylic oxidation sites excluding steroid dienone is 1. The molecule has 0 aliphatic carbocycles. The molecule has 0 radical (unpaired) electrons. The maximum absolute atomic E-state index is 6.46. The van der Waals surface area contributed by atoms with Gasteiger partial charge < -0.3 is 9.80 Å². The number of benzene rings is 3. The third-order valence-corrected chi connectivity index (χ3v) is 7.52. The van der Waals surface area contributed by atoms with Crippen LogP contribution in [0.3, 0.4) is 0 Å². The van der Waals surface area contributed by atoms with E-state index in [-0.39, 0.29) is 5.41 Å². The van der Waals surface area contributed by atoms with Gasteiger partial charge in [-0.1, -0.05) is 79.2 Å². The highest BCUT2D eigenvalue weighted by Gasteiger charge is 2.45. The van der Waals surface area contributed by atoms with Crippen molar-refractivity contribution in [3.05, 3.63) is 112 Å². The van der Waals surface area contributed by atoms with Gasteiger partial charge in [0.15, 0.2) is 5.71 Å². The van der Waals surface area contributed by atoms with Crippen LogP contribution in [0.2, 0.25) is 5.02 Å². The Morgan fingerprint density at radius 2 is 1.43 bits per heavy atom. The van der Waals surface area contributed by atoms with Gasteiger partial charge in [-0.05, 0) is 37.1 Å². The number of halogens is 1. The molecule has 2 heterocycles. The summed E-state index contributed by atoms with van der Waals surface area (Å²) < 4.78 is 2.51. The first-order valence-corrected chi connectivity index (χ1v) is 13.1. The average Bonchev–Trinajstić information content (AvgIpc) is 3.31. The van der Waals surface area contributed by atoms with E-state index in [4.69, 9.17) is 11.6 Å². The van der Waals surface area contributed by atoms with Crippen molar-refractivity contribution in [1.82, 2.24) is 9.80 Å². The van der Waals surface area contributed by atoms with E-state index >= 15 is 0 Å². The summed E-state index contributed by atoms with van der Waals surface area (Å²) in [4.78, 5) is 5.09. The maximum Gasteiger partial charge on any atom is 0.209 e. The molecular weight excluding hydrogens is 450 g/mol. The molecule has 180 valence electrons. The van der Waals surface area contributed by atoms with E-state index < -0.39 is 0 Å².